The molecule has 0 aliphatic carbocycles. The van der Waals surface area contributed by atoms with Crippen molar-refractivity contribution in [2.24, 2.45) is 5.84 Å². The molecule has 0 unspecified atom stereocenters. The molecule has 0 saturated carbocycles. The second-order valence-electron chi connectivity index (χ2n) is 4.64. The quantitative estimate of drug-likeness (QED) is 0.561. The Labute approximate surface area is 121 Å². The Balaban J connectivity index is 1.90. The van der Waals surface area contributed by atoms with Crippen molar-refractivity contribution in [3.05, 3.63) is 12.0 Å². The van der Waals surface area contributed by atoms with E-state index in [4.69, 9.17) is 10.6 Å². The fourth-order valence-corrected chi connectivity index (χ4v) is 2.15. The summed E-state index contributed by atoms with van der Waals surface area (Å²) in [7, 11) is 0. The van der Waals surface area contributed by atoms with Crippen LogP contribution >= 0.6 is 0 Å². The van der Waals surface area contributed by atoms with Crippen LogP contribution in [0.4, 0.5) is 21.0 Å². The van der Waals surface area contributed by atoms with Gasteiger partial charge < -0.3 is 15.0 Å². The number of carbonyl (C=O) groups is 1. The minimum absolute atomic E-state index is 0.0331. The molecule has 1 aromatic rings. The number of hydrogen-bond donors (Lipinski definition) is 3. The number of hydrogen-bond acceptors (Lipinski definition) is 7. The molecule has 2 rings (SSSR count). The Hall–Kier alpha value is -2.16. The minimum atomic E-state index is -0.540. The molecule has 0 atom stereocenters. The molecule has 4 N–H and O–H groups in total. The molecule has 2 heterocycles. The molecular weight excluding hydrogens is 279 g/mol. The molecule has 1 aliphatic rings. The fraction of sp³-hybridized carbons (Fsp3) is 0.583. The first-order valence-electron chi connectivity index (χ1n) is 6.81. The first kappa shape index (κ1) is 15.2. The third-order valence-corrected chi connectivity index (χ3v) is 3.24. The Morgan fingerprint density at radius 1 is 1.57 bits per heavy atom. The van der Waals surface area contributed by atoms with Crippen LogP contribution < -0.4 is 16.6 Å². The van der Waals surface area contributed by atoms with Crippen molar-refractivity contribution in [3.63, 3.8) is 0 Å². The number of nitrogens with one attached hydrogen (secondary N) is 2. The van der Waals surface area contributed by atoms with Crippen LogP contribution in [0.5, 0.6) is 0 Å². The van der Waals surface area contributed by atoms with Gasteiger partial charge in [-0.25, -0.2) is 20.0 Å². The van der Waals surface area contributed by atoms with E-state index in [0.717, 1.165) is 6.20 Å². The molecular formula is C12H19FN6O2. The first-order valence-corrected chi connectivity index (χ1v) is 6.81. The fourth-order valence-electron chi connectivity index (χ4n) is 2.15. The maximum atomic E-state index is 13.6. The van der Waals surface area contributed by atoms with Crippen molar-refractivity contribution in [1.82, 2.24) is 14.9 Å². The van der Waals surface area contributed by atoms with Crippen LogP contribution in [0.3, 0.4) is 0 Å². The van der Waals surface area contributed by atoms with Gasteiger partial charge >= 0.3 is 6.09 Å². The number of aromatic nitrogens is 2. The molecule has 116 valence electrons. The van der Waals surface area contributed by atoms with Gasteiger partial charge in [0.1, 0.15) is 0 Å². The highest BCUT2D eigenvalue weighted by molar-refractivity contribution is 5.67. The lowest BCUT2D eigenvalue weighted by Gasteiger charge is -2.31. The molecule has 0 aromatic carbocycles. The zero-order chi connectivity index (χ0) is 15.2. The van der Waals surface area contributed by atoms with E-state index in [0.29, 0.717) is 32.5 Å². The number of nitrogens with zero attached hydrogens (tertiary/aromatic N) is 3. The summed E-state index contributed by atoms with van der Waals surface area (Å²) < 4.78 is 18.6. The van der Waals surface area contributed by atoms with Gasteiger partial charge in [-0.15, -0.1) is 0 Å². The van der Waals surface area contributed by atoms with Crippen molar-refractivity contribution in [1.29, 1.82) is 0 Å². The summed E-state index contributed by atoms with van der Waals surface area (Å²) in [5.41, 5.74) is 2.27. The van der Waals surface area contributed by atoms with E-state index in [9.17, 15) is 9.18 Å². The Kier molecular flexibility index (Phi) is 5.09. The highest BCUT2D eigenvalue weighted by atomic mass is 19.1. The highest BCUT2D eigenvalue weighted by Gasteiger charge is 2.24. The third-order valence-electron chi connectivity index (χ3n) is 3.24. The van der Waals surface area contributed by atoms with Crippen LogP contribution in [0.2, 0.25) is 0 Å². The Morgan fingerprint density at radius 3 is 2.90 bits per heavy atom. The third kappa shape index (κ3) is 3.91. The van der Waals surface area contributed by atoms with E-state index in [2.05, 4.69) is 20.7 Å². The van der Waals surface area contributed by atoms with Gasteiger partial charge in [0.25, 0.3) is 0 Å². The van der Waals surface area contributed by atoms with Crippen molar-refractivity contribution in [2.75, 3.05) is 30.4 Å². The molecule has 21 heavy (non-hydrogen) atoms. The van der Waals surface area contributed by atoms with E-state index in [1.165, 1.54) is 0 Å². The monoisotopic (exact) mass is 298 g/mol. The van der Waals surface area contributed by atoms with Gasteiger partial charge in [0.05, 0.1) is 12.8 Å². The summed E-state index contributed by atoms with van der Waals surface area (Å²) in [4.78, 5) is 20.8. The number of piperidine rings is 1. The maximum Gasteiger partial charge on any atom is 0.409 e. The standard InChI is InChI=1S/C12H19FN6O2/c1-2-21-12(20)19-5-3-8(4-6-19)16-10-9(13)7-15-11(17-10)18-14/h7-8H,2-6,14H2,1H3,(H2,15,16,17,18). The average molecular weight is 298 g/mol. The van der Waals surface area contributed by atoms with Crippen LogP contribution in [0.25, 0.3) is 0 Å². The zero-order valence-electron chi connectivity index (χ0n) is 11.8. The summed E-state index contributed by atoms with van der Waals surface area (Å²) in [5, 5.41) is 3.01. The van der Waals surface area contributed by atoms with Crippen molar-refractivity contribution in [3.8, 4) is 0 Å². The molecule has 1 fully saturated rings. The van der Waals surface area contributed by atoms with Crippen LogP contribution in [-0.4, -0.2) is 46.7 Å². The number of nitrogens with two attached hydrogens (primary N) is 1. The van der Waals surface area contributed by atoms with Gasteiger partial charge in [0.2, 0.25) is 5.95 Å². The minimum Gasteiger partial charge on any atom is -0.450 e. The lowest BCUT2D eigenvalue weighted by atomic mass is 10.1. The number of likely N-dealkylation sites (tertiary alicyclic amines) is 1. The van der Waals surface area contributed by atoms with E-state index >= 15 is 0 Å². The van der Waals surface area contributed by atoms with Gasteiger partial charge in [0.15, 0.2) is 11.6 Å². The molecule has 1 aromatic heterocycles. The second-order valence-corrected chi connectivity index (χ2v) is 4.64. The van der Waals surface area contributed by atoms with Gasteiger partial charge in [-0.3, -0.25) is 5.43 Å². The predicted molar refractivity (Wildman–Crippen MR) is 75.0 cm³/mol. The average Bonchev–Trinajstić information content (AvgIpc) is 2.50. The SMILES string of the molecule is CCOC(=O)N1CCC(Nc2nc(NN)ncc2F)CC1. The van der Waals surface area contributed by atoms with Gasteiger partial charge in [-0.05, 0) is 19.8 Å². The van der Waals surface area contributed by atoms with E-state index in [-0.39, 0.29) is 23.9 Å². The largest absolute Gasteiger partial charge is 0.450 e. The van der Waals surface area contributed by atoms with Crippen LogP contribution in [0, 0.1) is 5.82 Å². The normalized spacial score (nSPS) is 15.7. The number of hydrazine groups is 1. The number of rotatable bonds is 4. The summed E-state index contributed by atoms with van der Waals surface area (Å²) in [5.74, 6) is 4.90. The first-order chi connectivity index (χ1) is 10.1. The number of amides is 1. The second kappa shape index (κ2) is 7.02. The summed E-state index contributed by atoms with van der Waals surface area (Å²) in [6, 6.07) is 0.0331. The Morgan fingerprint density at radius 2 is 2.29 bits per heavy atom. The molecule has 0 radical (unpaired) electrons. The topological polar surface area (TPSA) is 105 Å². The van der Waals surface area contributed by atoms with E-state index < -0.39 is 5.82 Å². The molecule has 8 nitrogen and oxygen atoms in total. The summed E-state index contributed by atoms with van der Waals surface area (Å²) in [6.45, 7) is 3.25. The van der Waals surface area contributed by atoms with Crippen LogP contribution in [-0.2, 0) is 4.74 Å². The molecule has 1 saturated heterocycles. The summed E-state index contributed by atoms with van der Waals surface area (Å²) in [6.07, 6.45) is 2.12. The molecule has 0 spiro atoms. The molecule has 9 heteroatoms. The van der Waals surface area contributed by atoms with E-state index in [1.807, 2.05) is 0 Å². The van der Waals surface area contributed by atoms with Gasteiger partial charge in [-0.2, -0.15) is 4.98 Å². The Bertz CT molecular complexity index is 493. The number of carbonyl (C=O) groups excluding carboxylic acids is 1. The number of anilines is 2. The smallest absolute Gasteiger partial charge is 0.409 e. The van der Waals surface area contributed by atoms with Gasteiger partial charge in [0, 0.05) is 19.1 Å². The lowest BCUT2D eigenvalue weighted by molar-refractivity contribution is 0.0983. The van der Waals surface area contributed by atoms with Crippen LogP contribution in [0.1, 0.15) is 19.8 Å². The van der Waals surface area contributed by atoms with Crippen LogP contribution in [0.15, 0.2) is 6.20 Å². The van der Waals surface area contributed by atoms with Crippen molar-refractivity contribution >= 4 is 17.9 Å². The van der Waals surface area contributed by atoms with Gasteiger partial charge in [-0.1, -0.05) is 0 Å². The van der Waals surface area contributed by atoms with Crippen molar-refractivity contribution < 1.29 is 13.9 Å². The highest BCUT2D eigenvalue weighted by Crippen LogP contribution is 2.18. The maximum absolute atomic E-state index is 13.6. The van der Waals surface area contributed by atoms with Crippen molar-refractivity contribution in [2.45, 2.75) is 25.8 Å². The predicted octanol–water partition coefficient (Wildman–Crippen LogP) is 0.934. The number of nitrogen functional groups attached to an aromatic ring is 1. The molecule has 1 amide bonds. The number of ether oxygens (including phenoxy) is 1. The number of halogens is 1. The molecule has 0 bridgehead atoms. The zero-order valence-corrected chi connectivity index (χ0v) is 11.8. The summed E-state index contributed by atoms with van der Waals surface area (Å²) >= 11 is 0. The van der Waals surface area contributed by atoms with E-state index in [1.54, 1.807) is 11.8 Å². The molecule has 1 aliphatic heterocycles. The lowest BCUT2D eigenvalue weighted by Crippen LogP contribution is -2.42.